The zero-order valence-electron chi connectivity index (χ0n) is 11.9. The third kappa shape index (κ3) is 3.70. The molecular formula is C15H12F3NO3S. The van der Waals surface area contributed by atoms with Gasteiger partial charge in [0.25, 0.3) is 5.91 Å². The maximum atomic E-state index is 13.4. The number of hydrogen-bond donors (Lipinski definition) is 1. The standard InChI is InChI=1S/C15H12F3NO3S/c1-9-2-5-11(8-13(9)16)19-14(20)10-3-6-12(7-4-10)23(21,22)15(17)18/h2-8,15H,1H3,(H,19,20). The monoisotopic (exact) mass is 343 g/mol. The molecule has 0 fully saturated rings. The fraction of sp³-hybridized carbons (Fsp3) is 0.133. The predicted molar refractivity (Wildman–Crippen MR) is 78.7 cm³/mol. The molecule has 1 amide bonds. The van der Waals surface area contributed by atoms with Gasteiger partial charge in [0.2, 0.25) is 9.84 Å². The van der Waals surface area contributed by atoms with Crippen LogP contribution in [0.3, 0.4) is 0 Å². The third-order valence-electron chi connectivity index (χ3n) is 3.11. The first-order valence-corrected chi connectivity index (χ1v) is 7.96. The van der Waals surface area contributed by atoms with E-state index in [1.165, 1.54) is 12.1 Å². The van der Waals surface area contributed by atoms with Gasteiger partial charge in [-0.1, -0.05) is 6.07 Å². The molecule has 2 aromatic carbocycles. The number of benzene rings is 2. The molecule has 0 aliphatic heterocycles. The van der Waals surface area contributed by atoms with Gasteiger partial charge in [-0.3, -0.25) is 4.79 Å². The maximum absolute atomic E-state index is 13.4. The number of anilines is 1. The van der Waals surface area contributed by atoms with E-state index in [1.807, 2.05) is 0 Å². The van der Waals surface area contributed by atoms with Gasteiger partial charge in [-0.2, -0.15) is 8.78 Å². The number of carbonyl (C=O) groups excluding carboxylic acids is 1. The molecule has 2 rings (SSSR count). The first-order valence-electron chi connectivity index (χ1n) is 6.41. The van der Waals surface area contributed by atoms with Gasteiger partial charge in [-0.15, -0.1) is 0 Å². The molecule has 0 radical (unpaired) electrons. The molecule has 4 nitrogen and oxygen atoms in total. The summed E-state index contributed by atoms with van der Waals surface area (Å²) in [4.78, 5) is 11.4. The Hall–Kier alpha value is -2.35. The minimum atomic E-state index is -4.70. The van der Waals surface area contributed by atoms with Crippen molar-refractivity contribution in [3.63, 3.8) is 0 Å². The van der Waals surface area contributed by atoms with Crippen LogP contribution in [0.25, 0.3) is 0 Å². The molecule has 0 saturated heterocycles. The van der Waals surface area contributed by atoms with E-state index in [0.29, 0.717) is 5.56 Å². The Morgan fingerprint density at radius 1 is 1.09 bits per heavy atom. The number of nitrogens with one attached hydrogen (secondary N) is 1. The van der Waals surface area contributed by atoms with Crippen LogP contribution >= 0.6 is 0 Å². The highest BCUT2D eigenvalue weighted by atomic mass is 32.2. The minimum absolute atomic E-state index is 0.0548. The molecule has 23 heavy (non-hydrogen) atoms. The van der Waals surface area contributed by atoms with Crippen molar-refractivity contribution in [1.29, 1.82) is 0 Å². The summed E-state index contributed by atoms with van der Waals surface area (Å²) in [6.07, 6.45) is 0. The molecule has 1 N–H and O–H groups in total. The van der Waals surface area contributed by atoms with Gasteiger partial charge in [0, 0.05) is 11.3 Å². The van der Waals surface area contributed by atoms with Crippen molar-refractivity contribution in [2.24, 2.45) is 0 Å². The van der Waals surface area contributed by atoms with Gasteiger partial charge in [0.1, 0.15) is 5.82 Å². The van der Waals surface area contributed by atoms with Crippen LogP contribution in [0.4, 0.5) is 18.9 Å². The lowest BCUT2D eigenvalue weighted by molar-refractivity contribution is 0.102. The summed E-state index contributed by atoms with van der Waals surface area (Å²) in [6.45, 7) is 1.57. The molecule has 0 heterocycles. The van der Waals surface area contributed by atoms with Crippen molar-refractivity contribution in [3.8, 4) is 0 Å². The Balaban J connectivity index is 2.19. The Morgan fingerprint density at radius 3 is 2.22 bits per heavy atom. The van der Waals surface area contributed by atoms with Crippen LogP contribution in [0, 0.1) is 12.7 Å². The average molecular weight is 343 g/mol. The van der Waals surface area contributed by atoms with Crippen molar-refractivity contribution in [3.05, 3.63) is 59.4 Å². The summed E-state index contributed by atoms with van der Waals surface area (Å²) >= 11 is 0. The van der Waals surface area contributed by atoms with Gasteiger partial charge in [-0.25, -0.2) is 12.8 Å². The van der Waals surface area contributed by atoms with Crippen molar-refractivity contribution in [1.82, 2.24) is 0 Å². The first-order chi connectivity index (χ1) is 10.7. The van der Waals surface area contributed by atoms with Crippen molar-refractivity contribution in [2.45, 2.75) is 17.6 Å². The van der Waals surface area contributed by atoms with Crippen LogP contribution in [-0.4, -0.2) is 20.1 Å². The number of sulfone groups is 1. The van der Waals surface area contributed by atoms with Gasteiger partial charge in [-0.05, 0) is 48.9 Å². The number of alkyl halides is 2. The highest BCUT2D eigenvalue weighted by Gasteiger charge is 2.26. The van der Waals surface area contributed by atoms with Crippen LogP contribution < -0.4 is 5.32 Å². The number of rotatable bonds is 4. The molecule has 8 heteroatoms. The second-order valence-electron chi connectivity index (χ2n) is 4.75. The molecule has 0 aromatic heterocycles. The fourth-order valence-electron chi connectivity index (χ4n) is 1.77. The Kier molecular flexibility index (Phi) is 4.74. The van der Waals surface area contributed by atoms with E-state index in [9.17, 15) is 26.4 Å². The molecule has 0 bridgehead atoms. The lowest BCUT2D eigenvalue weighted by Crippen LogP contribution is -2.14. The normalized spacial score (nSPS) is 11.5. The molecule has 0 saturated carbocycles. The number of halogens is 3. The molecule has 0 spiro atoms. The van der Waals surface area contributed by atoms with Gasteiger partial charge < -0.3 is 5.32 Å². The number of aryl methyl sites for hydroxylation is 1. The highest BCUT2D eigenvalue weighted by molar-refractivity contribution is 7.91. The average Bonchev–Trinajstić information content (AvgIpc) is 2.51. The van der Waals surface area contributed by atoms with Gasteiger partial charge in [0.05, 0.1) is 4.90 Å². The summed E-state index contributed by atoms with van der Waals surface area (Å²) in [5.41, 5.74) is 0.700. The zero-order valence-corrected chi connectivity index (χ0v) is 12.7. The smallest absolute Gasteiger partial charge is 0.322 e. The Morgan fingerprint density at radius 2 is 1.70 bits per heavy atom. The first kappa shape index (κ1) is 17.0. The Bertz CT molecular complexity index is 834. The van der Waals surface area contributed by atoms with Gasteiger partial charge >= 0.3 is 5.76 Å². The quantitative estimate of drug-likeness (QED) is 0.926. The summed E-state index contributed by atoms with van der Waals surface area (Å²) in [5.74, 6) is -4.63. The van der Waals surface area contributed by atoms with E-state index >= 15 is 0 Å². The molecule has 0 aliphatic carbocycles. The van der Waals surface area contributed by atoms with Crippen LogP contribution in [0.5, 0.6) is 0 Å². The molecule has 0 unspecified atom stereocenters. The van der Waals surface area contributed by atoms with Gasteiger partial charge in [0.15, 0.2) is 0 Å². The fourth-order valence-corrected chi connectivity index (χ4v) is 2.49. The Labute approximate surface area is 130 Å². The van der Waals surface area contributed by atoms with Crippen LogP contribution in [0.2, 0.25) is 0 Å². The lowest BCUT2D eigenvalue weighted by Gasteiger charge is -2.07. The highest BCUT2D eigenvalue weighted by Crippen LogP contribution is 2.19. The van der Waals surface area contributed by atoms with E-state index in [2.05, 4.69) is 5.32 Å². The molecule has 0 aliphatic rings. The summed E-state index contributed by atoms with van der Waals surface area (Å²) in [7, 11) is -4.70. The minimum Gasteiger partial charge on any atom is -0.322 e. The third-order valence-corrected chi connectivity index (χ3v) is 4.51. The SMILES string of the molecule is Cc1ccc(NC(=O)c2ccc(S(=O)(=O)C(F)F)cc2)cc1F. The molecule has 0 atom stereocenters. The van der Waals surface area contributed by atoms with Crippen LogP contribution in [0.15, 0.2) is 47.4 Å². The largest absolute Gasteiger partial charge is 0.341 e. The lowest BCUT2D eigenvalue weighted by atomic mass is 10.2. The zero-order chi connectivity index (χ0) is 17.2. The van der Waals surface area contributed by atoms with Crippen LogP contribution in [-0.2, 0) is 9.84 Å². The molecule has 122 valence electrons. The predicted octanol–water partition coefficient (Wildman–Crippen LogP) is 3.38. The number of carbonyl (C=O) groups is 1. The number of amides is 1. The molecular weight excluding hydrogens is 331 g/mol. The molecule has 2 aromatic rings. The maximum Gasteiger partial charge on any atom is 0.341 e. The van der Waals surface area contributed by atoms with Crippen LogP contribution in [0.1, 0.15) is 15.9 Å². The summed E-state index contributed by atoms with van der Waals surface area (Å²) < 4.78 is 60.8. The van der Waals surface area contributed by atoms with E-state index in [4.69, 9.17) is 0 Å². The van der Waals surface area contributed by atoms with Crippen molar-refractivity contribution >= 4 is 21.4 Å². The van der Waals surface area contributed by atoms with E-state index in [0.717, 1.165) is 30.3 Å². The topological polar surface area (TPSA) is 63.2 Å². The number of hydrogen-bond acceptors (Lipinski definition) is 3. The van der Waals surface area contributed by atoms with E-state index in [-0.39, 0.29) is 11.3 Å². The summed E-state index contributed by atoms with van der Waals surface area (Å²) in [5, 5.41) is 2.43. The van der Waals surface area contributed by atoms with Crippen molar-refractivity contribution in [2.75, 3.05) is 5.32 Å². The second-order valence-corrected chi connectivity index (χ2v) is 6.67. The summed E-state index contributed by atoms with van der Waals surface area (Å²) in [6, 6.07) is 8.20. The second kappa shape index (κ2) is 6.41. The van der Waals surface area contributed by atoms with Crippen molar-refractivity contribution < 1.29 is 26.4 Å². The van der Waals surface area contributed by atoms with E-state index in [1.54, 1.807) is 6.92 Å². The van der Waals surface area contributed by atoms with E-state index < -0.39 is 32.2 Å².